The minimum Gasteiger partial charge on any atom is -0.508 e. The molecule has 0 aliphatic rings. The number of aromatic hydroxyl groups is 1. The van der Waals surface area contributed by atoms with E-state index < -0.39 is 0 Å². The van der Waals surface area contributed by atoms with Crippen molar-refractivity contribution in [3.8, 4) is 5.75 Å². The van der Waals surface area contributed by atoms with Crippen molar-refractivity contribution in [2.75, 3.05) is 13.7 Å². The molecule has 1 rings (SSSR count). The molecule has 0 aromatic heterocycles. The first-order valence-corrected chi connectivity index (χ1v) is 4.75. The van der Waals surface area contributed by atoms with Crippen LogP contribution in [0.2, 0.25) is 0 Å². The summed E-state index contributed by atoms with van der Waals surface area (Å²) in [5.41, 5.74) is 8.05. The van der Waals surface area contributed by atoms with Crippen LogP contribution in [0.4, 0.5) is 0 Å². The minimum atomic E-state index is -0.115. The van der Waals surface area contributed by atoms with Crippen LogP contribution in [0, 0.1) is 0 Å². The third-order valence-electron chi connectivity index (χ3n) is 2.25. The molecule has 78 valence electrons. The second-order valence-electron chi connectivity index (χ2n) is 3.30. The third-order valence-corrected chi connectivity index (χ3v) is 2.25. The van der Waals surface area contributed by atoms with Crippen LogP contribution in [0.25, 0.3) is 0 Å². The largest absolute Gasteiger partial charge is 0.508 e. The van der Waals surface area contributed by atoms with Crippen molar-refractivity contribution in [1.29, 1.82) is 0 Å². The topological polar surface area (TPSA) is 55.5 Å². The maximum absolute atomic E-state index is 9.31. The van der Waals surface area contributed by atoms with Crippen molar-refractivity contribution < 1.29 is 9.84 Å². The van der Waals surface area contributed by atoms with Gasteiger partial charge in [-0.25, -0.2) is 0 Å². The predicted octanol–water partition coefficient (Wildman–Crippen LogP) is 1.60. The molecule has 1 aromatic carbocycles. The van der Waals surface area contributed by atoms with Crippen molar-refractivity contribution in [2.45, 2.75) is 19.4 Å². The first-order valence-electron chi connectivity index (χ1n) is 4.75. The van der Waals surface area contributed by atoms with Gasteiger partial charge in [-0.2, -0.15) is 0 Å². The molecule has 3 N–H and O–H groups in total. The van der Waals surface area contributed by atoms with E-state index in [4.69, 9.17) is 10.5 Å². The Morgan fingerprint density at radius 3 is 2.79 bits per heavy atom. The van der Waals surface area contributed by atoms with Gasteiger partial charge in [0, 0.05) is 7.11 Å². The van der Waals surface area contributed by atoms with Gasteiger partial charge in [0.25, 0.3) is 0 Å². The van der Waals surface area contributed by atoms with Crippen LogP contribution < -0.4 is 5.73 Å². The third kappa shape index (κ3) is 2.47. The van der Waals surface area contributed by atoms with Crippen molar-refractivity contribution in [3.63, 3.8) is 0 Å². The molecule has 3 nitrogen and oxygen atoms in total. The van der Waals surface area contributed by atoms with E-state index in [1.807, 2.05) is 13.0 Å². The van der Waals surface area contributed by atoms with E-state index in [-0.39, 0.29) is 11.8 Å². The average molecular weight is 195 g/mol. The number of ether oxygens (including phenoxy) is 1. The fourth-order valence-electron chi connectivity index (χ4n) is 1.53. The smallest absolute Gasteiger partial charge is 0.115 e. The summed E-state index contributed by atoms with van der Waals surface area (Å²) in [7, 11) is 1.63. The Morgan fingerprint density at radius 2 is 2.21 bits per heavy atom. The van der Waals surface area contributed by atoms with Crippen LogP contribution in [-0.2, 0) is 11.2 Å². The van der Waals surface area contributed by atoms with Gasteiger partial charge in [-0.1, -0.05) is 13.0 Å². The fraction of sp³-hybridized carbons (Fsp3) is 0.455. The zero-order chi connectivity index (χ0) is 10.6. The molecule has 0 saturated heterocycles. The first kappa shape index (κ1) is 11.0. The van der Waals surface area contributed by atoms with Crippen molar-refractivity contribution >= 4 is 0 Å². The zero-order valence-electron chi connectivity index (χ0n) is 8.66. The quantitative estimate of drug-likeness (QED) is 0.767. The summed E-state index contributed by atoms with van der Waals surface area (Å²) >= 11 is 0. The van der Waals surface area contributed by atoms with E-state index in [0.717, 1.165) is 17.5 Å². The molecule has 0 radical (unpaired) electrons. The maximum Gasteiger partial charge on any atom is 0.115 e. The number of phenols is 1. The summed E-state index contributed by atoms with van der Waals surface area (Å²) in [6.45, 7) is 2.54. The molecule has 0 bridgehead atoms. The van der Waals surface area contributed by atoms with Gasteiger partial charge in [0.2, 0.25) is 0 Å². The highest BCUT2D eigenvalue weighted by atomic mass is 16.5. The highest BCUT2D eigenvalue weighted by molar-refractivity contribution is 5.36. The van der Waals surface area contributed by atoms with Crippen LogP contribution in [0.1, 0.15) is 24.1 Å². The highest BCUT2D eigenvalue weighted by Crippen LogP contribution is 2.21. The summed E-state index contributed by atoms with van der Waals surface area (Å²) in [6.07, 6.45) is 0.862. The Bertz CT molecular complexity index is 299. The van der Waals surface area contributed by atoms with E-state index in [1.54, 1.807) is 19.2 Å². The summed E-state index contributed by atoms with van der Waals surface area (Å²) in [5, 5.41) is 9.31. The molecule has 0 heterocycles. The summed E-state index contributed by atoms with van der Waals surface area (Å²) < 4.78 is 5.00. The van der Waals surface area contributed by atoms with E-state index >= 15 is 0 Å². The number of nitrogens with two attached hydrogens (primary N) is 1. The van der Waals surface area contributed by atoms with Crippen molar-refractivity contribution in [2.24, 2.45) is 5.73 Å². The van der Waals surface area contributed by atoms with Gasteiger partial charge >= 0.3 is 0 Å². The van der Waals surface area contributed by atoms with E-state index in [1.165, 1.54) is 0 Å². The lowest BCUT2D eigenvalue weighted by atomic mass is 9.99. The maximum atomic E-state index is 9.31. The molecular weight excluding hydrogens is 178 g/mol. The standard InChI is InChI=1S/C11H17NO2/c1-3-8-6-9(13)4-5-10(8)11(12)7-14-2/h4-6,11,13H,3,7,12H2,1-2H3. The van der Waals surface area contributed by atoms with Crippen LogP contribution in [0.15, 0.2) is 18.2 Å². The molecule has 3 heteroatoms. The number of hydrogen-bond acceptors (Lipinski definition) is 3. The van der Waals surface area contributed by atoms with E-state index in [2.05, 4.69) is 0 Å². The Balaban J connectivity index is 2.95. The SMILES string of the molecule is CCc1cc(O)ccc1C(N)COC. The van der Waals surface area contributed by atoms with Gasteiger partial charge in [0.05, 0.1) is 12.6 Å². The van der Waals surface area contributed by atoms with Crippen molar-refractivity contribution in [3.05, 3.63) is 29.3 Å². The Kier molecular flexibility index (Phi) is 3.92. The lowest BCUT2D eigenvalue weighted by molar-refractivity contribution is 0.180. The van der Waals surface area contributed by atoms with Crippen LogP contribution in [-0.4, -0.2) is 18.8 Å². The average Bonchev–Trinajstić information content (AvgIpc) is 2.17. The normalized spacial score (nSPS) is 12.8. The van der Waals surface area contributed by atoms with E-state index in [9.17, 15) is 5.11 Å². The lowest BCUT2D eigenvalue weighted by Gasteiger charge is -2.15. The molecule has 0 fully saturated rings. The number of hydrogen-bond donors (Lipinski definition) is 2. The fourth-order valence-corrected chi connectivity index (χ4v) is 1.53. The van der Waals surface area contributed by atoms with Crippen LogP contribution in [0.5, 0.6) is 5.75 Å². The molecule has 14 heavy (non-hydrogen) atoms. The minimum absolute atomic E-state index is 0.115. The van der Waals surface area contributed by atoms with Gasteiger partial charge in [0.1, 0.15) is 5.75 Å². The molecular formula is C11H17NO2. The summed E-state index contributed by atoms with van der Waals surface area (Å²) in [4.78, 5) is 0. The molecule has 1 aromatic rings. The number of methoxy groups -OCH3 is 1. The molecule has 0 spiro atoms. The molecule has 0 aliphatic carbocycles. The van der Waals surface area contributed by atoms with Crippen LogP contribution >= 0.6 is 0 Å². The molecule has 1 atom stereocenters. The van der Waals surface area contributed by atoms with Gasteiger partial charge in [-0.15, -0.1) is 0 Å². The van der Waals surface area contributed by atoms with Crippen molar-refractivity contribution in [1.82, 2.24) is 0 Å². The second-order valence-corrected chi connectivity index (χ2v) is 3.30. The number of rotatable bonds is 4. The summed E-state index contributed by atoms with van der Waals surface area (Å²) in [5.74, 6) is 0.287. The van der Waals surface area contributed by atoms with Gasteiger partial charge in [-0.3, -0.25) is 0 Å². The first-order chi connectivity index (χ1) is 6.69. The molecule has 1 unspecified atom stereocenters. The Labute approximate surface area is 84.5 Å². The number of phenolic OH excluding ortho intramolecular Hbond substituents is 1. The van der Waals surface area contributed by atoms with E-state index in [0.29, 0.717) is 6.61 Å². The number of benzene rings is 1. The molecule has 0 aliphatic heterocycles. The number of aryl methyl sites for hydroxylation is 1. The lowest BCUT2D eigenvalue weighted by Crippen LogP contribution is -2.17. The Morgan fingerprint density at radius 1 is 1.50 bits per heavy atom. The zero-order valence-corrected chi connectivity index (χ0v) is 8.66. The van der Waals surface area contributed by atoms with Gasteiger partial charge in [0.15, 0.2) is 0 Å². The summed E-state index contributed by atoms with van der Waals surface area (Å²) in [6, 6.07) is 5.16. The van der Waals surface area contributed by atoms with Gasteiger partial charge in [-0.05, 0) is 29.7 Å². The van der Waals surface area contributed by atoms with Crippen LogP contribution in [0.3, 0.4) is 0 Å². The monoisotopic (exact) mass is 195 g/mol. The molecule has 0 saturated carbocycles. The predicted molar refractivity (Wildman–Crippen MR) is 56.3 cm³/mol. The second kappa shape index (κ2) is 4.98. The van der Waals surface area contributed by atoms with Gasteiger partial charge < -0.3 is 15.6 Å². The highest BCUT2D eigenvalue weighted by Gasteiger charge is 2.10. The Hall–Kier alpha value is -1.06. The molecule has 0 amide bonds.